The summed E-state index contributed by atoms with van der Waals surface area (Å²) < 4.78 is 11.4. The van der Waals surface area contributed by atoms with Gasteiger partial charge in [-0.05, 0) is 47.9 Å². The SMILES string of the molecule is Cc1cccc(COc2ccc(/C([O-])=C3\C(=O)C(=O)N(CC[NH+]4CCOCC4)C3c3ccc(N(C)C)cc3)cc2)c1. The fourth-order valence-electron chi connectivity index (χ4n) is 5.42. The number of nitrogens with zero attached hydrogens (tertiary/aromatic N) is 2. The predicted octanol–water partition coefficient (Wildman–Crippen LogP) is 1.78. The zero-order chi connectivity index (χ0) is 28.9. The maximum Gasteiger partial charge on any atom is 0.295 e. The van der Waals surface area contributed by atoms with Gasteiger partial charge >= 0.3 is 0 Å². The molecule has 0 radical (unpaired) electrons. The summed E-state index contributed by atoms with van der Waals surface area (Å²) in [5.74, 6) is -1.17. The highest BCUT2D eigenvalue weighted by Gasteiger charge is 2.44. The first kappa shape index (κ1) is 28.4. The number of quaternary nitrogens is 1. The smallest absolute Gasteiger partial charge is 0.295 e. The number of likely N-dealkylation sites (tertiary alicyclic amines) is 1. The topological polar surface area (TPSA) is 86.6 Å². The Morgan fingerprint density at radius 1 is 1.02 bits per heavy atom. The van der Waals surface area contributed by atoms with Crippen LogP contribution in [0, 0.1) is 6.92 Å². The van der Waals surface area contributed by atoms with Gasteiger partial charge in [-0.1, -0.05) is 59.9 Å². The van der Waals surface area contributed by atoms with E-state index in [0.717, 1.165) is 35.5 Å². The summed E-state index contributed by atoms with van der Waals surface area (Å²) in [7, 11) is 3.90. The van der Waals surface area contributed by atoms with Crippen molar-refractivity contribution in [1.29, 1.82) is 0 Å². The molecule has 0 saturated carbocycles. The second-order valence-electron chi connectivity index (χ2n) is 10.9. The number of ketones is 1. The van der Waals surface area contributed by atoms with E-state index in [1.54, 1.807) is 29.2 Å². The molecule has 2 heterocycles. The minimum absolute atomic E-state index is 0.00184. The maximum absolute atomic E-state index is 13.8. The van der Waals surface area contributed by atoms with E-state index in [2.05, 4.69) is 6.07 Å². The lowest BCUT2D eigenvalue weighted by molar-refractivity contribution is -0.907. The molecule has 1 N–H and O–H groups in total. The summed E-state index contributed by atoms with van der Waals surface area (Å²) in [4.78, 5) is 31.6. The van der Waals surface area contributed by atoms with Gasteiger partial charge in [0.05, 0.1) is 32.3 Å². The third-order valence-corrected chi connectivity index (χ3v) is 7.77. The highest BCUT2D eigenvalue weighted by atomic mass is 16.5. The molecule has 3 aromatic rings. The monoisotopic (exact) mass is 555 g/mol. The Balaban J connectivity index is 1.42. The van der Waals surface area contributed by atoms with Gasteiger partial charge in [0.25, 0.3) is 5.91 Å². The fraction of sp³-hybridized carbons (Fsp3) is 0.333. The number of carbonyl (C=O) groups excluding carboxylic acids is 2. The fourth-order valence-corrected chi connectivity index (χ4v) is 5.42. The summed E-state index contributed by atoms with van der Waals surface area (Å²) in [5.41, 5.74) is 4.29. The summed E-state index contributed by atoms with van der Waals surface area (Å²) in [6, 6.07) is 21.8. The standard InChI is InChI=1S/C33H37N3O5/c1-23-5-4-6-24(21-23)22-41-28-13-9-26(10-14-28)31(37)29-30(25-7-11-27(12-8-25)34(2)3)36(33(39)32(29)38)16-15-35-17-19-40-20-18-35/h4-14,21,30,37H,15-20,22H2,1-3H3/b31-29+. The number of carbonyl (C=O) groups is 2. The van der Waals surface area contributed by atoms with Crippen LogP contribution in [0.15, 0.2) is 78.4 Å². The molecule has 0 aliphatic carbocycles. The first-order valence-electron chi connectivity index (χ1n) is 14.1. The van der Waals surface area contributed by atoms with Crippen molar-refractivity contribution in [2.24, 2.45) is 0 Å². The van der Waals surface area contributed by atoms with E-state index in [-0.39, 0.29) is 5.57 Å². The number of Topliss-reactive ketones (excluding diaryl/α,β-unsaturated/α-hetero) is 1. The van der Waals surface area contributed by atoms with Gasteiger partial charge in [0.2, 0.25) is 5.78 Å². The summed E-state index contributed by atoms with van der Waals surface area (Å²) in [5, 5.41) is 13.8. The average molecular weight is 556 g/mol. The lowest BCUT2D eigenvalue weighted by Crippen LogP contribution is -3.14. The van der Waals surface area contributed by atoms with Crippen molar-refractivity contribution >= 4 is 23.1 Å². The van der Waals surface area contributed by atoms with Gasteiger partial charge in [0.1, 0.15) is 25.4 Å². The normalized spacial score (nSPS) is 19.0. The molecule has 8 heteroatoms. The highest BCUT2D eigenvalue weighted by Crippen LogP contribution is 2.39. The molecule has 5 rings (SSSR count). The summed E-state index contributed by atoms with van der Waals surface area (Å²) in [6.45, 7) is 6.57. The molecular weight excluding hydrogens is 518 g/mol. The van der Waals surface area contributed by atoms with Crippen LogP contribution in [0.3, 0.4) is 0 Å². The molecule has 2 aliphatic heterocycles. The highest BCUT2D eigenvalue weighted by molar-refractivity contribution is 6.46. The third-order valence-electron chi connectivity index (χ3n) is 7.77. The first-order chi connectivity index (χ1) is 19.8. The molecule has 3 aromatic carbocycles. The Bertz CT molecular complexity index is 1410. The third kappa shape index (κ3) is 6.45. The van der Waals surface area contributed by atoms with Crippen molar-refractivity contribution < 1.29 is 29.1 Å². The van der Waals surface area contributed by atoms with E-state index in [9.17, 15) is 14.7 Å². The number of benzene rings is 3. The van der Waals surface area contributed by atoms with Crippen LogP contribution in [0.2, 0.25) is 0 Å². The Morgan fingerprint density at radius 2 is 1.73 bits per heavy atom. The molecule has 2 fully saturated rings. The van der Waals surface area contributed by atoms with Gasteiger partial charge in [-0.3, -0.25) is 9.59 Å². The number of anilines is 1. The quantitative estimate of drug-likeness (QED) is 0.246. The van der Waals surface area contributed by atoms with Crippen LogP contribution in [-0.2, 0) is 20.9 Å². The molecule has 2 saturated heterocycles. The van der Waals surface area contributed by atoms with Crippen LogP contribution < -0.4 is 19.6 Å². The zero-order valence-corrected chi connectivity index (χ0v) is 23.9. The van der Waals surface area contributed by atoms with E-state index >= 15 is 0 Å². The molecule has 214 valence electrons. The van der Waals surface area contributed by atoms with Gasteiger partial charge in [0.15, 0.2) is 0 Å². The number of hydrogen-bond acceptors (Lipinski definition) is 6. The Kier molecular flexibility index (Phi) is 8.71. The lowest BCUT2D eigenvalue weighted by Gasteiger charge is -2.30. The molecule has 1 unspecified atom stereocenters. The van der Waals surface area contributed by atoms with Gasteiger partial charge in [-0.25, -0.2) is 0 Å². The molecule has 41 heavy (non-hydrogen) atoms. The number of morpholine rings is 1. The molecule has 1 amide bonds. The Hall–Kier alpha value is -4.14. The minimum Gasteiger partial charge on any atom is -0.872 e. The number of amides is 1. The van der Waals surface area contributed by atoms with Crippen LogP contribution >= 0.6 is 0 Å². The van der Waals surface area contributed by atoms with E-state index in [1.165, 1.54) is 4.90 Å². The lowest BCUT2D eigenvalue weighted by atomic mass is 9.95. The van der Waals surface area contributed by atoms with Crippen LogP contribution in [0.25, 0.3) is 5.76 Å². The predicted molar refractivity (Wildman–Crippen MR) is 155 cm³/mol. The van der Waals surface area contributed by atoms with Crippen molar-refractivity contribution in [3.63, 3.8) is 0 Å². The second kappa shape index (κ2) is 12.6. The van der Waals surface area contributed by atoms with E-state index in [0.29, 0.717) is 44.2 Å². The number of ether oxygens (including phenoxy) is 2. The maximum atomic E-state index is 13.8. The molecule has 2 aliphatic rings. The van der Waals surface area contributed by atoms with Crippen molar-refractivity contribution in [1.82, 2.24) is 4.90 Å². The zero-order valence-electron chi connectivity index (χ0n) is 23.9. The summed E-state index contributed by atoms with van der Waals surface area (Å²) in [6.07, 6.45) is 0. The average Bonchev–Trinajstić information content (AvgIpc) is 3.24. The van der Waals surface area contributed by atoms with Crippen LogP contribution in [0.4, 0.5) is 5.69 Å². The Labute approximate surface area is 241 Å². The molecule has 8 nitrogen and oxygen atoms in total. The number of rotatable bonds is 9. The van der Waals surface area contributed by atoms with Crippen molar-refractivity contribution in [3.8, 4) is 5.75 Å². The van der Waals surface area contributed by atoms with Gasteiger partial charge in [0, 0.05) is 25.4 Å². The van der Waals surface area contributed by atoms with Crippen molar-refractivity contribution in [2.45, 2.75) is 19.6 Å². The van der Waals surface area contributed by atoms with Crippen LogP contribution in [0.1, 0.15) is 28.3 Å². The number of hydrogen-bond donors (Lipinski definition) is 1. The first-order valence-corrected chi connectivity index (χ1v) is 14.1. The van der Waals surface area contributed by atoms with Gasteiger partial charge < -0.3 is 29.3 Å². The van der Waals surface area contributed by atoms with Gasteiger partial charge in [-0.15, -0.1) is 0 Å². The van der Waals surface area contributed by atoms with Crippen molar-refractivity contribution in [3.05, 3.63) is 101 Å². The molecular formula is C33H37N3O5. The Morgan fingerprint density at radius 3 is 2.39 bits per heavy atom. The number of aryl methyl sites for hydroxylation is 1. The van der Waals surface area contributed by atoms with Crippen LogP contribution in [0.5, 0.6) is 5.75 Å². The van der Waals surface area contributed by atoms with Crippen molar-refractivity contribution in [2.75, 3.05) is 58.4 Å². The van der Waals surface area contributed by atoms with E-state index in [1.807, 2.05) is 68.4 Å². The largest absolute Gasteiger partial charge is 0.872 e. The van der Waals surface area contributed by atoms with Crippen LogP contribution in [-0.4, -0.2) is 70.1 Å². The molecule has 1 atom stereocenters. The molecule has 0 aromatic heterocycles. The summed E-state index contributed by atoms with van der Waals surface area (Å²) >= 11 is 0. The van der Waals surface area contributed by atoms with E-state index < -0.39 is 23.5 Å². The number of nitrogens with one attached hydrogen (secondary N) is 1. The minimum atomic E-state index is -0.739. The second-order valence-corrected chi connectivity index (χ2v) is 10.9. The molecule has 0 spiro atoms. The van der Waals surface area contributed by atoms with Gasteiger partial charge in [-0.2, -0.15) is 0 Å². The van der Waals surface area contributed by atoms with E-state index in [4.69, 9.17) is 9.47 Å². The molecule has 0 bridgehead atoms.